The number of carbonyl (C=O) groups excluding carboxylic acids is 1. The number of methoxy groups -OCH3 is 1. The highest BCUT2D eigenvalue weighted by Crippen LogP contribution is 2.24. The van der Waals surface area contributed by atoms with Crippen LogP contribution in [0.5, 0.6) is 5.75 Å². The van der Waals surface area contributed by atoms with E-state index < -0.39 is 0 Å². The van der Waals surface area contributed by atoms with E-state index in [2.05, 4.69) is 17.3 Å². The minimum atomic E-state index is -0.390. The van der Waals surface area contributed by atoms with Gasteiger partial charge in [-0.05, 0) is 47.5 Å². The first-order chi connectivity index (χ1) is 16.7. The van der Waals surface area contributed by atoms with Gasteiger partial charge in [-0.25, -0.2) is 0 Å². The van der Waals surface area contributed by atoms with Gasteiger partial charge in [0.25, 0.3) is 5.91 Å². The number of carbonyl (C=O) groups is 1. The zero-order valence-corrected chi connectivity index (χ0v) is 19.0. The third kappa shape index (κ3) is 6.13. The van der Waals surface area contributed by atoms with Crippen molar-refractivity contribution >= 4 is 5.91 Å². The van der Waals surface area contributed by atoms with E-state index in [1.54, 1.807) is 19.2 Å². The van der Waals surface area contributed by atoms with E-state index in [9.17, 15) is 4.79 Å². The first-order valence-corrected chi connectivity index (χ1v) is 11.1. The first kappa shape index (κ1) is 22.8. The van der Waals surface area contributed by atoms with E-state index in [1.807, 2.05) is 108 Å². The minimum Gasteiger partial charge on any atom is -0.497 e. The van der Waals surface area contributed by atoms with E-state index in [1.165, 1.54) is 0 Å². The summed E-state index contributed by atoms with van der Waals surface area (Å²) in [5.74, 6) is 7.25. The molecule has 1 amide bonds. The molecule has 0 aliphatic heterocycles. The largest absolute Gasteiger partial charge is 0.497 e. The Kier molecular flexibility index (Phi) is 7.74. The molecule has 0 aliphatic rings. The van der Waals surface area contributed by atoms with Crippen LogP contribution >= 0.6 is 0 Å². The molecule has 0 bridgehead atoms. The number of hydrogen-bond acceptors (Lipinski definition) is 3. The number of hydrogen-bond donors (Lipinski definition) is 1. The summed E-state index contributed by atoms with van der Waals surface area (Å²) in [4.78, 5) is 13.1. The Hall–Kier alpha value is -4.33. The van der Waals surface area contributed by atoms with Crippen LogP contribution in [-0.4, -0.2) is 18.0 Å². The summed E-state index contributed by atoms with van der Waals surface area (Å²) >= 11 is 0. The van der Waals surface area contributed by atoms with Crippen LogP contribution in [0.3, 0.4) is 0 Å². The van der Waals surface area contributed by atoms with Crippen LogP contribution in [0.2, 0.25) is 0 Å². The SMILES string of the molecule is COc1ccc(C(C#Cc2ccccc2)N(Cc2ccccc2)NC(=O)c2ccccc2)cc1. The van der Waals surface area contributed by atoms with Gasteiger partial charge in [0.1, 0.15) is 11.8 Å². The van der Waals surface area contributed by atoms with Crippen LogP contribution in [0.15, 0.2) is 115 Å². The number of nitrogens with one attached hydrogen (secondary N) is 1. The van der Waals surface area contributed by atoms with Crippen LogP contribution in [0, 0.1) is 11.8 Å². The second-order valence-corrected chi connectivity index (χ2v) is 7.73. The zero-order chi connectivity index (χ0) is 23.6. The van der Waals surface area contributed by atoms with E-state index in [4.69, 9.17) is 4.74 Å². The van der Waals surface area contributed by atoms with Crippen molar-refractivity contribution < 1.29 is 9.53 Å². The van der Waals surface area contributed by atoms with Gasteiger partial charge in [-0.3, -0.25) is 10.2 Å². The van der Waals surface area contributed by atoms with Crippen molar-refractivity contribution in [3.05, 3.63) is 138 Å². The fraction of sp³-hybridized carbons (Fsp3) is 0.100. The molecule has 0 saturated heterocycles. The number of amides is 1. The highest BCUT2D eigenvalue weighted by atomic mass is 16.5. The summed E-state index contributed by atoms with van der Waals surface area (Å²) in [6, 6.07) is 36.5. The Balaban J connectivity index is 1.73. The summed E-state index contributed by atoms with van der Waals surface area (Å²) in [6.45, 7) is 0.486. The summed E-state index contributed by atoms with van der Waals surface area (Å²) in [5.41, 5.74) is 6.62. The molecule has 0 radical (unpaired) electrons. The van der Waals surface area contributed by atoms with Gasteiger partial charge >= 0.3 is 0 Å². The van der Waals surface area contributed by atoms with Gasteiger partial charge < -0.3 is 4.74 Å². The molecule has 0 fully saturated rings. The molecule has 1 unspecified atom stereocenters. The lowest BCUT2D eigenvalue weighted by Crippen LogP contribution is -2.43. The predicted octanol–water partition coefficient (Wildman–Crippen LogP) is 5.64. The lowest BCUT2D eigenvalue weighted by Gasteiger charge is -2.29. The fourth-order valence-electron chi connectivity index (χ4n) is 3.56. The maximum atomic E-state index is 13.1. The van der Waals surface area contributed by atoms with E-state index in [0.717, 1.165) is 22.4 Å². The Morgan fingerprint density at radius 3 is 2.03 bits per heavy atom. The number of rotatable bonds is 7. The Labute approximate surface area is 200 Å². The van der Waals surface area contributed by atoms with Crippen LogP contribution in [-0.2, 0) is 6.54 Å². The third-order valence-corrected chi connectivity index (χ3v) is 5.35. The first-order valence-electron chi connectivity index (χ1n) is 11.1. The number of ether oxygens (including phenoxy) is 1. The molecule has 168 valence electrons. The van der Waals surface area contributed by atoms with E-state index in [0.29, 0.717) is 12.1 Å². The molecule has 4 aromatic carbocycles. The second-order valence-electron chi connectivity index (χ2n) is 7.73. The molecular formula is C30H26N2O2. The van der Waals surface area contributed by atoms with Gasteiger partial charge in [0.2, 0.25) is 0 Å². The summed E-state index contributed by atoms with van der Waals surface area (Å²) in [5, 5.41) is 1.89. The lowest BCUT2D eigenvalue weighted by atomic mass is 10.0. The van der Waals surface area contributed by atoms with Gasteiger partial charge in [-0.2, -0.15) is 5.01 Å². The molecule has 34 heavy (non-hydrogen) atoms. The van der Waals surface area contributed by atoms with Gasteiger partial charge in [-0.15, -0.1) is 0 Å². The number of hydrazine groups is 1. The van der Waals surface area contributed by atoms with Gasteiger partial charge in [0.15, 0.2) is 0 Å². The van der Waals surface area contributed by atoms with Crippen LogP contribution in [0.4, 0.5) is 0 Å². The molecular weight excluding hydrogens is 420 g/mol. The summed E-state index contributed by atoms with van der Waals surface area (Å²) < 4.78 is 5.34. The topological polar surface area (TPSA) is 41.6 Å². The second kappa shape index (κ2) is 11.5. The summed E-state index contributed by atoms with van der Waals surface area (Å²) in [6.07, 6.45) is 0. The molecule has 0 heterocycles. The molecule has 0 saturated carbocycles. The predicted molar refractivity (Wildman–Crippen MR) is 135 cm³/mol. The smallest absolute Gasteiger partial charge is 0.265 e. The van der Waals surface area contributed by atoms with Crippen LogP contribution in [0.25, 0.3) is 0 Å². The number of nitrogens with zero attached hydrogens (tertiary/aromatic N) is 1. The zero-order valence-electron chi connectivity index (χ0n) is 19.0. The average molecular weight is 447 g/mol. The molecule has 0 spiro atoms. The maximum Gasteiger partial charge on any atom is 0.265 e. The lowest BCUT2D eigenvalue weighted by molar-refractivity contribution is 0.0722. The normalized spacial score (nSPS) is 11.2. The van der Waals surface area contributed by atoms with Gasteiger partial charge in [0, 0.05) is 17.7 Å². The van der Waals surface area contributed by atoms with Crippen molar-refractivity contribution in [2.45, 2.75) is 12.6 Å². The molecule has 4 heteroatoms. The van der Waals surface area contributed by atoms with E-state index in [-0.39, 0.29) is 11.9 Å². The van der Waals surface area contributed by atoms with Crippen LogP contribution < -0.4 is 10.2 Å². The van der Waals surface area contributed by atoms with Gasteiger partial charge in [0.05, 0.1) is 7.11 Å². The fourth-order valence-corrected chi connectivity index (χ4v) is 3.56. The Morgan fingerprint density at radius 2 is 1.41 bits per heavy atom. The Bertz CT molecular complexity index is 1250. The highest BCUT2D eigenvalue weighted by Gasteiger charge is 2.22. The average Bonchev–Trinajstić information content (AvgIpc) is 2.90. The molecule has 1 N–H and O–H groups in total. The summed E-state index contributed by atoms with van der Waals surface area (Å²) in [7, 11) is 1.64. The quantitative estimate of drug-likeness (QED) is 0.295. The van der Waals surface area contributed by atoms with Crippen molar-refractivity contribution in [2.75, 3.05) is 7.11 Å². The molecule has 1 atom stereocenters. The molecule has 4 rings (SSSR count). The monoisotopic (exact) mass is 446 g/mol. The van der Waals surface area contributed by atoms with E-state index >= 15 is 0 Å². The highest BCUT2D eigenvalue weighted by molar-refractivity contribution is 5.93. The maximum absolute atomic E-state index is 13.1. The third-order valence-electron chi connectivity index (χ3n) is 5.35. The Morgan fingerprint density at radius 1 is 0.824 bits per heavy atom. The number of benzene rings is 4. The molecule has 0 aromatic heterocycles. The van der Waals surface area contributed by atoms with Crippen molar-refractivity contribution in [1.82, 2.24) is 10.4 Å². The molecule has 0 aliphatic carbocycles. The molecule has 4 nitrogen and oxygen atoms in total. The van der Waals surface area contributed by atoms with Crippen molar-refractivity contribution in [3.63, 3.8) is 0 Å². The molecule has 4 aromatic rings. The van der Waals surface area contributed by atoms with Crippen LogP contribution in [0.1, 0.15) is 33.1 Å². The van der Waals surface area contributed by atoms with Crippen molar-refractivity contribution in [3.8, 4) is 17.6 Å². The van der Waals surface area contributed by atoms with Crippen molar-refractivity contribution in [1.29, 1.82) is 0 Å². The minimum absolute atomic E-state index is 0.184. The van der Waals surface area contributed by atoms with Gasteiger partial charge in [-0.1, -0.05) is 90.7 Å². The standard InChI is InChI=1S/C30H26N2O2/c1-34-28-20-18-26(19-21-28)29(22-17-24-11-5-2-6-12-24)32(23-25-13-7-3-8-14-25)31-30(33)27-15-9-4-10-16-27/h2-16,18-21,29H,23H2,1H3,(H,31,33). The van der Waals surface area contributed by atoms with Crippen molar-refractivity contribution in [2.24, 2.45) is 0 Å².